The van der Waals surface area contributed by atoms with Gasteiger partial charge in [-0.15, -0.1) is 0 Å². The van der Waals surface area contributed by atoms with E-state index in [1.54, 1.807) is 13.0 Å². The number of nitrogens with one attached hydrogen (secondary N) is 1. The van der Waals surface area contributed by atoms with Gasteiger partial charge in [0.05, 0.1) is 6.10 Å². The van der Waals surface area contributed by atoms with Crippen molar-refractivity contribution in [2.75, 3.05) is 0 Å². The average molecular weight is 319 g/mol. The summed E-state index contributed by atoms with van der Waals surface area (Å²) in [6, 6.07) is 3.75. The predicted octanol–water partition coefficient (Wildman–Crippen LogP) is 3.50. The van der Waals surface area contributed by atoms with E-state index >= 15 is 0 Å². The molecule has 0 bridgehead atoms. The van der Waals surface area contributed by atoms with Crippen LogP contribution in [0.25, 0.3) is 0 Å². The first-order valence-electron chi connectivity index (χ1n) is 7.06. The summed E-state index contributed by atoms with van der Waals surface area (Å²) in [4.78, 5) is 10.9. The van der Waals surface area contributed by atoms with Crippen molar-refractivity contribution in [3.8, 4) is 5.75 Å². The first-order chi connectivity index (χ1) is 10.3. The second kappa shape index (κ2) is 6.54. The number of ether oxygens (including phenoxy) is 1. The van der Waals surface area contributed by atoms with E-state index in [1.165, 1.54) is 12.1 Å². The molecule has 0 spiro atoms. The highest BCUT2D eigenvalue weighted by Gasteiger charge is 2.40. The van der Waals surface area contributed by atoms with E-state index in [4.69, 9.17) is 4.74 Å². The van der Waals surface area contributed by atoms with Crippen LogP contribution in [-0.2, 0) is 4.79 Å². The molecule has 1 aromatic rings. The van der Waals surface area contributed by atoms with Crippen LogP contribution in [0.1, 0.15) is 31.2 Å². The summed E-state index contributed by atoms with van der Waals surface area (Å²) in [5.74, 6) is -1.85. The third-order valence-electron chi connectivity index (χ3n) is 3.71. The number of carbonyl (C=O) groups is 1. The van der Waals surface area contributed by atoms with Gasteiger partial charge in [-0.05, 0) is 44.2 Å². The van der Waals surface area contributed by atoms with Crippen molar-refractivity contribution in [1.29, 1.82) is 0 Å². The molecule has 7 heteroatoms. The van der Waals surface area contributed by atoms with E-state index in [2.05, 4.69) is 0 Å². The highest BCUT2D eigenvalue weighted by molar-refractivity contribution is 5.81. The maximum Gasteiger partial charge on any atom is 0.471 e. The lowest BCUT2D eigenvalue weighted by Gasteiger charge is -2.30. The average Bonchev–Trinajstić information content (AvgIpc) is 2.44. The Labute approximate surface area is 125 Å². The molecule has 1 saturated carbocycles. The third-order valence-corrected chi connectivity index (χ3v) is 3.71. The van der Waals surface area contributed by atoms with Gasteiger partial charge in [-0.25, -0.2) is 4.39 Å². The lowest BCUT2D eigenvalue weighted by Crippen LogP contribution is -2.45. The molecule has 1 N–H and O–H groups in total. The summed E-state index contributed by atoms with van der Waals surface area (Å²) >= 11 is 0. The first-order valence-corrected chi connectivity index (χ1v) is 7.06. The Hall–Kier alpha value is -1.79. The predicted molar refractivity (Wildman–Crippen MR) is 72.0 cm³/mol. The molecule has 2 rings (SSSR count). The van der Waals surface area contributed by atoms with Gasteiger partial charge in [0.2, 0.25) is 0 Å². The van der Waals surface area contributed by atoms with Crippen molar-refractivity contribution >= 4 is 5.91 Å². The Morgan fingerprint density at radius 2 is 1.86 bits per heavy atom. The molecule has 1 amide bonds. The number of hydrogen-bond acceptors (Lipinski definition) is 2. The molecule has 1 aromatic carbocycles. The Kier molecular flexibility index (Phi) is 4.93. The lowest BCUT2D eigenvalue weighted by atomic mass is 9.93. The summed E-state index contributed by atoms with van der Waals surface area (Å²) in [6.45, 7) is 1.80. The van der Waals surface area contributed by atoms with Gasteiger partial charge >= 0.3 is 12.1 Å². The Balaban J connectivity index is 1.85. The van der Waals surface area contributed by atoms with E-state index in [-0.39, 0.29) is 6.10 Å². The molecular weight excluding hydrogens is 302 g/mol. The normalized spacial score (nSPS) is 22.2. The fourth-order valence-electron chi connectivity index (χ4n) is 2.47. The second-order valence-corrected chi connectivity index (χ2v) is 5.47. The van der Waals surface area contributed by atoms with Gasteiger partial charge in [-0.2, -0.15) is 13.2 Å². The minimum atomic E-state index is -4.86. The van der Waals surface area contributed by atoms with Gasteiger partial charge in [0.15, 0.2) is 0 Å². The summed E-state index contributed by atoms with van der Waals surface area (Å²) in [5.41, 5.74) is 0.800. The molecule has 3 nitrogen and oxygen atoms in total. The zero-order valence-corrected chi connectivity index (χ0v) is 12.0. The Bertz CT molecular complexity index is 537. The molecule has 22 heavy (non-hydrogen) atoms. The molecular formula is C15H17F4NO2. The largest absolute Gasteiger partial charge is 0.490 e. The summed E-state index contributed by atoms with van der Waals surface area (Å²) in [5, 5.41) is 1.98. The van der Waals surface area contributed by atoms with E-state index in [0.717, 1.165) is 5.56 Å². The molecule has 0 saturated heterocycles. The van der Waals surface area contributed by atoms with Crippen molar-refractivity contribution in [2.45, 2.75) is 50.9 Å². The Morgan fingerprint density at radius 1 is 1.23 bits per heavy atom. The van der Waals surface area contributed by atoms with E-state index in [9.17, 15) is 22.4 Å². The number of hydrogen-bond donors (Lipinski definition) is 1. The summed E-state index contributed by atoms with van der Waals surface area (Å²) in [6.07, 6.45) is -3.20. The molecule has 0 aliphatic heterocycles. The zero-order valence-electron chi connectivity index (χ0n) is 12.0. The number of halogens is 4. The number of alkyl halides is 3. The molecule has 122 valence electrons. The van der Waals surface area contributed by atoms with Crippen LogP contribution in [0.2, 0.25) is 0 Å². The van der Waals surface area contributed by atoms with Gasteiger partial charge in [0.1, 0.15) is 11.6 Å². The van der Waals surface area contributed by atoms with Crippen LogP contribution in [0, 0.1) is 12.7 Å². The quantitative estimate of drug-likeness (QED) is 0.866. The van der Waals surface area contributed by atoms with Gasteiger partial charge in [-0.1, -0.05) is 6.07 Å². The van der Waals surface area contributed by atoms with Gasteiger partial charge in [0.25, 0.3) is 0 Å². The van der Waals surface area contributed by atoms with Crippen LogP contribution in [0.15, 0.2) is 18.2 Å². The van der Waals surface area contributed by atoms with Crippen molar-refractivity contribution in [1.82, 2.24) is 5.32 Å². The van der Waals surface area contributed by atoms with Crippen LogP contribution in [0.5, 0.6) is 5.75 Å². The highest BCUT2D eigenvalue weighted by atomic mass is 19.4. The fraction of sp³-hybridized carbons (Fsp3) is 0.533. The molecule has 1 aliphatic carbocycles. The number of carbonyl (C=O) groups excluding carboxylic acids is 1. The standard InChI is InChI=1S/C15H17F4NO2/c1-9-2-3-10(16)8-13(9)22-12-6-4-11(5-7-12)20-14(21)15(17,18)19/h2-3,8,11-12H,4-7H2,1H3,(H,20,21). The third kappa shape index (κ3) is 4.35. The van der Waals surface area contributed by atoms with E-state index in [0.29, 0.717) is 31.4 Å². The molecule has 1 aliphatic rings. The van der Waals surface area contributed by atoms with Gasteiger partial charge in [-0.3, -0.25) is 4.79 Å². The van der Waals surface area contributed by atoms with Crippen molar-refractivity contribution in [3.63, 3.8) is 0 Å². The minimum absolute atomic E-state index is 0.181. The molecule has 0 unspecified atom stereocenters. The van der Waals surface area contributed by atoms with Crippen LogP contribution >= 0.6 is 0 Å². The van der Waals surface area contributed by atoms with Crippen molar-refractivity contribution in [3.05, 3.63) is 29.6 Å². The summed E-state index contributed by atoms with van der Waals surface area (Å²) in [7, 11) is 0. The summed E-state index contributed by atoms with van der Waals surface area (Å²) < 4.78 is 55.4. The van der Waals surface area contributed by atoms with E-state index < -0.39 is 23.9 Å². The van der Waals surface area contributed by atoms with E-state index in [1.807, 2.05) is 5.32 Å². The molecule has 0 atom stereocenters. The van der Waals surface area contributed by atoms with Crippen LogP contribution in [0.3, 0.4) is 0 Å². The maximum atomic E-state index is 13.2. The lowest BCUT2D eigenvalue weighted by molar-refractivity contribution is -0.174. The van der Waals surface area contributed by atoms with Crippen molar-refractivity contribution < 1.29 is 27.1 Å². The SMILES string of the molecule is Cc1ccc(F)cc1OC1CCC(NC(=O)C(F)(F)F)CC1. The number of aryl methyl sites for hydroxylation is 1. The molecule has 0 radical (unpaired) electrons. The Morgan fingerprint density at radius 3 is 2.45 bits per heavy atom. The smallest absolute Gasteiger partial charge is 0.471 e. The minimum Gasteiger partial charge on any atom is -0.490 e. The first kappa shape index (κ1) is 16.6. The second-order valence-electron chi connectivity index (χ2n) is 5.47. The monoisotopic (exact) mass is 319 g/mol. The maximum absolute atomic E-state index is 13.2. The topological polar surface area (TPSA) is 38.3 Å². The van der Waals surface area contributed by atoms with Gasteiger partial charge in [0, 0.05) is 12.1 Å². The highest BCUT2D eigenvalue weighted by Crippen LogP contribution is 2.27. The van der Waals surface area contributed by atoms with Crippen LogP contribution < -0.4 is 10.1 Å². The van der Waals surface area contributed by atoms with Crippen LogP contribution in [0.4, 0.5) is 17.6 Å². The fourth-order valence-corrected chi connectivity index (χ4v) is 2.47. The van der Waals surface area contributed by atoms with Crippen LogP contribution in [-0.4, -0.2) is 24.2 Å². The van der Waals surface area contributed by atoms with Crippen molar-refractivity contribution in [2.24, 2.45) is 0 Å². The number of rotatable bonds is 3. The number of benzene rings is 1. The molecule has 0 heterocycles. The molecule has 0 aromatic heterocycles. The molecule has 1 fully saturated rings. The van der Waals surface area contributed by atoms with Gasteiger partial charge < -0.3 is 10.1 Å². The number of amides is 1. The zero-order chi connectivity index (χ0) is 16.3.